The van der Waals surface area contributed by atoms with Crippen LogP contribution < -0.4 is 74.8 Å². The Morgan fingerprint density at radius 1 is 0.491 bits per heavy atom. The first-order valence-corrected chi connectivity index (χ1v) is 36.1. The van der Waals surface area contributed by atoms with E-state index in [-0.39, 0.29) is 38.6 Å². The number of nitrogens with two attached hydrogens (primary N) is 1. The molecule has 12 amide bonds. The van der Waals surface area contributed by atoms with Crippen LogP contribution in [0.2, 0.25) is 0 Å². The largest absolute Gasteiger partial charge is 0.481 e. The van der Waals surface area contributed by atoms with Gasteiger partial charge in [-0.2, -0.15) is 0 Å². The molecule has 1 unspecified atom stereocenters. The zero-order valence-electron chi connectivity index (χ0n) is 62.1. The van der Waals surface area contributed by atoms with Gasteiger partial charge < -0.3 is 105 Å². The first-order valence-electron chi connectivity index (χ1n) is 36.1. The molecule has 1 radical (unpaired) electrons. The van der Waals surface area contributed by atoms with Crippen LogP contribution in [0.4, 0.5) is 0 Å². The highest BCUT2D eigenvalue weighted by molar-refractivity contribution is 6.73. The quantitative estimate of drug-likeness (QED) is 0.0290. The van der Waals surface area contributed by atoms with Gasteiger partial charge in [-0.25, -0.2) is 9.97 Å². The maximum Gasteiger partial charge on any atom is 0.303 e. The molecule has 1 aliphatic heterocycles. The third-order valence-corrected chi connectivity index (χ3v) is 18.7. The number of nitrogens with one attached hydrogen (secondary N) is 16. The summed E-state index contributed by atoms with van der Waals surface area (Å²) in [7, 11) is 0.953. The van der Waals surface area contributed by atoms with Crippen LogP contribution in [-0.2, 0) is 86.4 Å². The molecule has 15 atom stereocenters. The maximum absolute atomic E-state index is 15.0. The van der Waals surface area contributed by atoms with Gasteiger partial charge in [-0.1, -0.05) is 107 Å². The van der Waals surface area contributed by atoms with Crippen molar-refractivity contribution in [1.29, 1.82) is 0 Å². The molecule has 581 valence electrons. The van der Waals surface area contributed by atoms with Crippen LogP contribution in [0.25, 0.3) is 10.9 Å². The van der Waals surface area contributed by atoms with Gasteiger partial charge in [0.05, 0.1) is 37.9 Å². The molecule has 106 heavy (non-hydrogen) atoms. The molecule has 4 heterocycles. The Bertz CT molecular complexity index is 3630. The SMILES string of the molecule is CC[C@H](C)[C@@H]1NC(=O)CNC(=O)[C@H](CCCCN)NC(=O)[C@H](CCC(=O)O)NC(=O)[C@H]([C@@H](C)O)NC(=O)C(C(C)C)NC(=O)[C@H]([C@@H](C)CC)NC(=O)[C@H]([C@@H](C)CC)NC(=O)CN[B]C(=O)[C@H](Cc2cnc[nH]2)NC(=O)[C@H](Cc2cnc[nH]2)NC(=O)[C@H](C(C)C)NC(=O)[C@H](Cc2c[nH]c3ccccc23)NC1=O. The molecule has 0 saturated carbocycles. The lowest BCUT2D eigenvalue weighted by Crippen LogP contribution is -2.63. The molecular weight excluding hydrogens is 1370 g/mol. The number of hydrogen-bond acceptors (Lipinski definition) is 19. The number of carbonyl (C=O) groups excluding carboxylic acids is 13. The van der Waals surface area contributed by atoms with Crippen molar-refractivity contribution in [3.8, 4) is 0 Å². The van der Waals surface area contributed by atoms with E-state index in [1.165, 1.54) is 25.0 Å². The average molecular weight is 1480 g/mol. The number of carboxylic acids is 1. The van der Waals surface area contributed by atoms with E-state index in [9.17, 15) is 77.3 Å². The Morgan fingerprint density at radius 3 is 1.44 bits per heavy atom. The van der Waals surface area contributed by atoms with Crippen molar-refractivity contribution in [3.05, 3.63) is 72.5 Å². The van der Waals surface area contributed by atoms with Gasteiger partial charge >= 0.3 is 5.97 Å². The van der Waals surface area contributed by atoms with Gasteiger partial charge in [0.15, 0.2) is 0 Å². The third kappa shape index (κ3) is 26.5. The summed E-state index contributed by atoms with van der Waals surface area (Å²) in [5, 5.41) is 55.7. The number of hydrogen-bond donors (Lipinski definition) is 19. The highest BCUT2D eigenvalue weighted by Crippen LogP contribution is 2.21. The monoisotopic (exact) mass is 1480 g/mol. The Kier molecular flexibility index (Phi) is 34.9. The molecule has 0 aliphatic carbocycles. The van der Waals surface area contributed by atoms with Gasteiger partial charge in [-0.3, -0.25) is 62.3 Å². The number of aromatic amines is 3. The van der Waals surface area contributed by atoms with Gasteiger partial charge in [0.2, 0.25) is 70.9 Å². The van der Waals surface area contributed by atoms with Crippen LogP contribution in [0.1, 0.15) is 144 Å². The number of rotatable bonds is 22. The Balaban J connectivity index is 1.57. The molecule has 1 aliphatic rings. The molecule has 3 aromatic heterocycles. The zero-order valence-corrected chi connectivity index (χ0v) is 62.1. The lowest BCUT2D eigenvalue weighted by atomic mass is 9.80. The fourth-order valence-corrected chi connectivity index (χ4v) is 11.7. The molecule has 36 heteroatoms. The molecule has 4 aromatic rings. The van der Waals surface area contributed by atoms with E-state index in [1.54, 1.807) is 99.7 Å². The third-order valence-electron chi connectivity index (χ3n) is 18.7. The minimum atomic E-state index is -1.86. The first kappa shape index (κ1) is 86.5. The van der Waals surface area contributed by atoms with E-state index < -0.39 is 211 Å². The molecule has 1 aromatic carbocycles. The summed E-state index contributed by atoms with van der Waals surface area (Å²) in [4.78, 5) is 216. The van der Waals surface area contributed by atoms with Crippen molar-refractivity contribution < 1.29 is 77.3 Å². The smallest absolute Gasteiger partial charge is 0.303 e. The number of nitrogens with zero attached hydrogens (tertiary/aromatic N) is 2. The van der Waals surface area contributed by atoms with Crippen LogP contribution in [0.5, 0.6) is 0 Å². The lowest BCUT2D eigenvalue weighted by molar-refractivity contribution is -0.139. The number of aliphatic carboxylic acids is 1. The van der Waals surface area contributed by atoms with Crippen molar-refractivity contribution in [2.24, 2.45) is 35.3 Å². The molecule has 5 rings (SSSR count). The number of H-pyrrole nitrogens is 3. The number of carbonyl (C=O) groups is 14. The Morgan fingerprint density at radius 2 is 0.915 bits per heavy atom. The number of fused-ring (bicyclic) bond motifs is 1. The minimum Gasteiger partial charge on any atom is -0.481 e. The van der Waals surface area contributed by atoms with Crippen molar-refractivity contribution in [2.75, 3.05) is 19.6 Å². The van der Waals surface area contributed by atoms with Gasteiger partial charge in [0, 0.05) is 66.6 Å². The van der Waals surface area contributed by atoms with Gasteiger partial charge in [-0.15, -0.1) is 0 Å². The van der Waals surface area contributed by atoms with Crippen LogP contribution in [0.15, 0.2) is 55.5 Å². The molecule has 20 N–H and O–H groups in total. The number of unbranched alkanes of at least 4 members (excludes halogenated alkanes) is 1. The maximum atomic E-state index is 15.0. The van der Waals surface area contributed by atoms with E-state index in [0.29, 0.717) is 53.5 Å². The van der Waals surface area contributed by atoms with Gasteiger partial charge in [0.25, 0.3) is 7.41 Å². The number of para-hydroxylation sites is 1. The number of aromatic nitrogens is 5. The second-order valence-electron chi connectivity index (χ2n) is 27.7. The summed E-state index contributed by atoms with van der Waals surface area (Å²) in [6.45, 7) is 16.6. The second kappa shape index (κ2) is 42.8. The van der Waals surface area contributed by atoms with Crippen molar-refractivity contribution >= 4 is 101 Å². The van der Waals surface area contributed by atoms with Gasteiger partial charge in [0.1, 0.15) is 66.1 Å². The van der Waals surface area contributed by atoms with Crippen molar-refractivity contribution in [1.82, 2.24) is 93.9 Å². The van der Waals surface area contributed by atoms with Crippen molar-refractivity contribution in [2.45, 2.75) is 219 Å². The number of benzene rings is 1. The second-order valence-corrected chi connectivity index (χ2v) is 27.7. The minimum absolute atomic E-state index is 0.0913. The number of imidazole rings is 2. The number of carboxylic acid groups (broad SMARTS) is 1. The molecular formula is C70H107BN19O16. The first-order chi connectivity index (χ1) is 50.3. The summed E-state index contributed by atoms with van der Waals surface area (Å²) >= 11 is 0. The normalized spacial score (nSPS) is 24.9. The molecule has 0 spiro atoms. The Labute approximate surface area is 616 Å². The lowest BCUT2D eigenvalue weighted by Gasteiger charge is -2.31. The average Bonchev–Trinajstić information content (AvgIpc) is 1.55. The predicted molar refractivity (Wildman–Crippen MR) is 389 cm³/mol. The molecule has 0 bridgehead atoms. The molecule has 35 nitrogen and oxygen atoms in total. The van der Waals surface area contributed by atoms with Crippen LogP contribution in [-0.4, -0.2) is 217 Å². The Hall–Kier alpha value is -10.1. The zero-order chi connectivity index (χ0) is 78.5. The number of aliphatic hydroxyl groups excluding tert-OH is 1. The van der Waals surface area contributed by atoms with Crippen LogP contribution >= 0.6 is 0 Å². The summed E-state index contributed by atoms with van der Waals surface area (Å²) in [6.07, 6.45) is 5.15. The summed E-state index contributed by atoms with van der Waals surface area (Å²) in [6, 6.07) is -9.01. The van der Waals surface area contributed by atoms with E-state index >= 15 is 0 Å². The fourth-order valence-electron chi connectivity index (χ4n) is 11.7. The van der Waals surface area contributed by atoms with Crippen LogP contribution in [0, 0.1) is 29.6 Å². The summed E-state index contributed by atoms with van der Waals surface area (Å²) in [5.41, 5.74) is 7.09. The predicted octanol–water partition coefficient (Wildman–Crippen LogP) is -2.34. The van der Waals surface area contributed by atoms with Gasteiger partial charge in [-0.05, 0) is 80.4 Å². The van der Waals surface area contributed by atoms with Crippen LogP contribution in [0.3, 0.4) is 0 Å². The van der Waals surface area contributed by atoms with E-state index in [1.807, 2.05) is 0 Å². The fraction of sp³-hybridized carbons (Fsp3) is 0.600. The summed E-state index contributed by atoms with van der Waals surface area (Å²) in [5.74, 6) is -15.5. The number of aliphatic hydroxyl groups is 1. The number of amides is 12. The van der Waals surface area contributed by atoms with Crippen molar-refractivity contribution in [3.63, 3.8) is 0 Å². The molecule has 1 fully saturated rings. The van der Waals surface area contributed by atoms with E-state index in [4.69, 9.17) is 5.73 Å². The van der Waals surface area contributed by atoms with E-state index in [2.05, 4.69) is 93.9 Å². The topological polar surface area (TPSA) is 535 Å². The highest BCUT2D eigenvalue weighted by Gasteiger charge is 2.40. The highest BCUT2D eigenvalue weighted by atomic mass is 16.4. The standard InChI is InChI=1S/C70H107BN19O16/c1-12-37(8)56-67(103)83-49(25-41-28-75-45-20-16-15-19-44(41)45)64(100)87-54(35(4)5)65(101)84-50(27-43-30-74-34-78-43)63(99)82-48(26-42-29-73-33-77-42)60(96)71-79-32-52(93)86-57(38(9)13-2)68(104)89-58(39(10)14-3)69(105)88-55(36(6)7)66(102)90-59(40(11)91)70(106)81-47(22-23-53(94)95)62(98)80-46(21-17-18-24-72)61(97)76-31-51(92)85-56/h15-16,19-20,28-30,33-40,46-50,54-59,75,79,91H,12-14,17-18,21-27,31-32,72H2,1-11H3,(H,73,77)(H,74,78)(H,76,97)(H,80,98)(H,81,106)(H,82,99)(H,83,103)(H,84,101)(H,85,92)(H,86,93)(H,87,100)(H,88,105)(H,89,104)(H,90,102)(H,94,95)/t37-,38-,39-,40+,46-,47-,48-,49-,50-,54-,55?,56-,57-,58-,59-/m0/s1. The summed E-state index contributed by atoms with van der Waals surface area (Å²) < 4.78 is 0. The molecule has 1 saturated heterocycles. The van der Waals surface area contributed by atoms with E-state index in [0.717, 1.165) is 14.3 Å².